The number of alkyl halides is 3. The fourth-order valence-electron chi connectivity index (χ4n) is 4.30. The van der Waals surface area contributed by atoms with Gasteiger partial charge in [-0.05, 0) is 55.5 Å². The third-order valence-electron chi connectivity index (χ3n) is 5.80. The van der Waals surface area contributed by atoms with Crippen molar-refractivity contribution in [3.8, 4) is 0 Å². The zero-order valence-corrected chi connectivity index (χ0v) is 17.0. The van der Waals surface area contributed by atoms with Crippen molar-refractivity contribution in [2.24, 2.45) is 0 Å². The van der Waals surface area contributed by atoms with Crippen LogP contribution in [0.1, 0.15) is 41.7 Å². The predicted molar refractivity (Wildman–Crippen MR) is 113 cm³/mol. The number of hydrogen-bond acceptors (Lipinski definition) is 3. The lowest BCUT2D eigenvalue weighted by Crippen LogP contribution is -2.50. The molecule has 0 saturated heterocycles. The summed E-state index contributed by atoms with van der Waals surface area (Å²) in [5.41, 5.74) is 1.99. The molecule has 2 N–H and O–H groups in total. The number of para-hydroxylation sites is 1. The Labute approximate surface area is 178 Å². The van der Waals surface area contributed by atoms with Gasteiger partial charge in [0.05, 0.1) is 0 Å². The Morgan fingerprint density at radius 2 is 1.94 bits per heavy atom. The van der Waals surface area contributed by atoms with Crippen LogP contribution in [0, 0.1) is 0 Å². The summed E-state index contributed by atoms with van der Waals surface area (Å²) in [6, 6.07) is 12.3. The zero-order chi connectivity index (χ0) is 21.8. The summed E-state index contributed by atoms with van der Waals surface area (Å²) in [6.07, 6.45) is 1.67. The topological polar surface area (TPSA) is 61.0 Å². The molecule has 1 aromatic carbocycles. The predicted octanol–water partition coefficient (Wildman–Crippen LogP) is 4.67. The molecule has 0 bridgehead atoms. The molecule has 2 aromatic heterocycles. The van der Waals surface area contributed by atoms with E-state index in [9.17, 15) is 18.0 Å². The lowest BCUT2D eigenvalue weighted by Gasteiger charge is -2.38. The number of amides is 1. The summed E-state index contributed by atoms with van der Waals surface area (Å²) in [7, 11) is 0. The maximum atomic E-state index is 13.4. The van der Waals surface area contributed by atoms with Gasteiger partial charge in [0.2, 0.25) is 0 Å². The van der Waals surface area contributed by atoms with E-state index in [4.69, 9.17) is 0 Å². The number of pyridine rings is 1. The Kier molecular flexibility index (Phi) is 6.27. The Morgan fingerprint density at radius 3 is 2.68 bits per heavy atom. The monoisotopic (exact) mass is 430 g/mol. The molecule has 4 rings (SSSR count). The van der Waals surface area contributed by atoms with Gasteiger partial charge < -0.3 is 15.2 Å². The minimum atomic E-state index is -4.46. The van der Waals surface area contributed by atoms with Crippen LogP contribution in [-0.2, 0) is 6.54 Å². The molecule has 2 heterocycles. The number of hydrogen-bond donors (Lipinski definition) is 2. The fourth-order valence-corrected chi connectivity index (χ4v) is 4.30. The van der Waals surface area contributed by atoms with Crippen LogP contribution < -0.4 is 5.32 Å². The van der Waals surface area contributed by atoms with Gasteiger partial charge in [0.25, 0.3) is 5.91 Å². The summed E-state index contributed by atoms with van der Waals surface area (Å²) >= 11 is 0. The Morgan fingerprint density at radius 1 is 1.16 bits per heavy atom. The van der Waals surface area contributed by atoms with Crippen LogP contribution in [0.4, 0.5) is 13.2 Å². The van der Waals surface area contributed by atoms with Crippen molar-refractivity contribution in [3.05, 3.63) is 66.1 Å². The zero-order valence-electron chi connectivity index (χ0n) is 17.0. The van der Waals surface area contributed by atoms with Crippen LogP contribution >= 0.6 is 0 Å². The van der Waals surface area contributed by atoms with Gasteiger partial charge in [-0.1, -0.05) is 18.2 Å². The summed E-state index contributed by atoms with van der Waals surface area (Å²) in [5.74, 6) is -0.603. The molecule has 3 aromatic rings. The lowest BCUT2D eigenvalue weighted by atomic mass is 9.89. The molecule has 164 valence electrons. The molecule has 5 nitrogen and oxygen atoms in total. The van der Waals surface area contributed by atoms with Crippen molar-refractivity contribution >= 4 is 16.8 Å². The first-order chi connectivity index (χ1) is 14.9. The number of rotatable bonds is 6. The Balaban J connectivity index is 1.50. The fraction of sp³-hybridized carbons (Fsp3) is 0.391. The molecule has 1 aliphatic carbocycles. The molecule has 31 heavy (non-hydrogen) atoms. The van der Waals surface area contributed by atoms with E-state index in [1.54, 1.807) is 24.5 Å². The highest BCUT2D eigenvalue weighted by atomic mass is 19.4. The van der Waals surface area contributed by atoms with Crippen LogP contribution in [0.5, 0.6) is 0 Å². The maximum absolute atomic E-state index is 13.4. The van der Waals surface area contributed by atoms with Gasteiger partial charge in [0, 0.05) is 41.9 Å². The van der Waals surface area contributed by atoms with E-state index in [0.29, 0.717) is 19.4 Å². The molecule has 0 radical (unpaired) electrons. The normalized spacial score (nSPS) is 19.5. The van der Waals surface area contributed by atoms with Gasteiger partial charge in [0.1, 0.15) is 12.2 Å². The average Bonchev–Trinajstić information content (AvgIpc) is 3.20. The molecule has 1 fully saturated rings. The summed E-state index contributed by atoms with van der Waals surface area (Å²) < 4.78 is 40.1. The number of H-pyrrole nitrogens is 1. The van der Waals surface area contributed by atoms with Crippen LogP contribution in [0.2, 0.25) is 0 Å². The van der Waals surface area contributed by atoms with E-state index in [-0.39, 0.29) is 11.7 Å². The van der Waals surface area contributed by atoms with Crippen molar-refractivity contribution in [2.45, 2.75) is 50.5 Å². The molecular formula is C23H25F3N4O. The highest BCUT2D eigenvalue weighted by Gasteiger charge is 2.39. The van der Waals surface area contributed by atoms with E-state index >= 15 is 0 Å². The average molecular weight is 430 g/mol. The number of halogens is 3. The first-order valence-electron chi connectivity index (χ1n) is 10.5. The van der Waals surface area contributed by atoms with E-state index in [1.807, 2.05) is 30.3 Å². The number of nitrogens with one attached hydrogen (secondary N) is 2. The van der Waals surface area contributed by atoms with Gasteiger partial charge in [-0.15, -0.1) is 0 Å². The molecule has 8 heteroatoms. The summed E-state index contributed by atoms with van der Waals surface area (Å²) in [5, 5.41) is 4.23. The van der Waals surface area contributed by atoms with Gasteiger partial charge in [0.15, 0.2) is 0 Å². The molecule has 1 aliphatic rings. The molecule has 0 spiro atoms. The largest absolute Gasteiger partial charge is 0.406 e. The standard InChI is InChI=1S/C23H25F3N4O/c24-23(25,26)15-30(22(31)21-12-17-4-1-2-7-20(17)29-21)19-6-3-5-18(13-19)28-14-16-8-10-27-11-9-16/h1-2,4,7-12,18-19,28-29H,3,5-6,13-15H2/t18?,19-/m0/s1. The van der Waals surface area contributed by atoms with Gasteiger partial charge in [-0.3, -0.25) is 9.78 Å². The van der Waals surface area contributed by atoms with Crippen molar-refractivity contribution in [2.75, 3.05) is 6.54 Å². The third kappa shape index (κ3) is 5.44. The highest BCUT2D eigenvalue weighted by molar-refractivity contribution is 5.98. The van der Waals surface area contributed by atoms with Gasteiger partial charge in [-0.25, -0.2) is 0 Å². The molecule has 1 saturated carbocycles. The lowest BCUT2D eigenvalue weighted by molar-refractivity contribution is -0.146. The van der Waals surface area contributed by atoms with Gasteiger partial charge >= 0.3 is 6.18 Å². The number of nitrogens with zero attached hydrogens (tertiary/aromatic N) is 2. The van der Waals surface area contributed by atoms with E-state index in [0.717, 1.165) is 34.2 Å². The van der Waals surface area contributed by atoms with E-state index < -0.39 is 24.7 Å². The number of aromatic nitrogens is 2. The van der Waals surface area contributed by atoms with Crippen LogP contribution in [0.25, 0.3) is 10.9 Å². The molecule has 1 unspecified atom stereocenters. The quantitative estimate of drug-likeness (QED) is 0.598. The van der Waals surface area contributed by atoms with Crippen molar-refractivity contribution < 1.29 is 18.0 Å². The maximum Gasteiger partial charge on any atom is 0.406 e. The number of benzene rings is 1. The first-order valence-corrected chi connectivity index (χ1v) is 10.5. The number of aromatic amines is 1. The van der Waals surface area contributed by atoms with Crippen molar-refractivity contribution in [3.63, 3.8) is 0 Å². The van der Waals surface area contributed by atoms with Crippen molar-refractivity contribution in [1.29, 1.82) is 0 Å². The second-order valence-corrected chi connectivity index (χ2v) is 8.07. The Bertz CT molecular complexity index is 985. The van der Waals surface area contributed by atoms with Crippen LogP contribution in [0.3, 0.4) is 0 Å². The van der Waals surface area contributed by atoms with E-state index in [1.165, 1.54) is 0 Å². The van der Waals surface area contributed by atoms with Crippen molar-refractivity contribution in [1.82, 2.24) is 20.2 Å². The molecule has 0 aliphatic heterocycles. The minimum Gasteiger partial charge on any atom is -0.351 e. The van der Waals surface area contributed by atoms with Gasteiger partial charge in [-0.2, -0.15) is 13.2 Å². The minimum absolute atomic E-state index is 0.0539. The molecular weight excluding hydrogens is 405 g/mol. The number of carbonyl (C=O) groups is 1. The summed E-state index contributed by atoms with van der Waals surface area (Å²) in [4.78, 5) is 21.1. The molecule has 2 atom stereocenters. The highest BCUT2D eigenvalue weighted by Crippen LogP contribution is 2.29. The Hall–Kier alpha value is -2.87. The SMILES string of the molecule is O=C(c1cc2ccccc2[nH]1)N(CC(F)(F)F)[C@H]1CCCC(NCc2ccncc2)C1. The number of fused-ring (bicyclic) bond motifs is 1. The first kappa shape index (κ1) is 21.4. The molecule has 1 amide bonds. The van der Waals surface area contributed by atoms with Crippen LogP contribution in [-0.4, -0.2) is 45.6 Å². The smallest absolute Gasteiger partial charge is 0.351 e. The number of carbonyl (C=O) groups excluding carboxylic acids is 1. The third-order valence-corrected chi connectivity index (χ3v) is 5.80. The summed E-state index contributed by atoms with van der Waals surface area (Å²) in [6.45, 7) is -0.627. The van der Waals surface area contributed by atoms with Crippen LogP contribution in [0.15, 0.2) is 54.9 Å². The van der Waals surface area contributed by atoms with E-state index in [2.05, 4.69) is 15.3 Å². The second kappa shape index (κ2) is 9.09. The second-order valence-electron chi connectivity index (χ2n) is 8.07.